The van der Waals surface area contributed by atoms with Crippen LogP contribution in [-0.2, 0) is 14.4 Å². The number of amidine groups is 1. The third kappa shape index (κ3) is 3.20. The summed E-state index contributed by atoms with van der Waals surface area (Å²) in [6.45, 7) is 4.65. The van der Waals surface area contributed by atoms with Crippen molar-refractivity contribution < 1.29 is 24.6 Å². The third-order valence-electron chi connectivity index (χ3n) is 5.51. The lowest BCUT2D eigenvalue weighted by molar-refractivity contribution is -0.163. The van der Waals surface area contributed by atoms with Gasteiger partial charge in [0.25, 0.3) is 0 Å². The molecule has 0 unspecified atom stereocenters. The summed E-state index contributed by atoms with van der Waals surface area (Å²) in [6.07, 6.45) is -0.838. The Morgan fingerprint density at radius 3 is 2.59 bits per heavy atom. The molecule has 2 saturated heterocycles. The number of carbonyl (C=O) groups excluding carboxylic acids is 2. The maximum Gasteiger partial charge on any atom is 0.353 e. The number of aliphatic hydroxyl groups excluding tert-OH is 1. The number of β-lactam (4-membered cyclic amide) rings is 1. The molecule has 0 aliphatic carbocycles. The highest BCUT2D eigenvalue weighted by Gasteiger charge is 2.59. The summed E-state index contributed by atoms with van der Waals surface area (Å²) in [5, 5.41) is 27.7. The molecule has 10 heteroatoms. The number of rotatable bonds is 5. The number of carboxylic acids is 1. The van der Waals surface area contributed by atoms with E-state index >= 15 is 0 Å². The second kappa shape index (κ2) is 7.16. The number of thioether (sulfide) groups is 1. The average molecular weight is 396 g/mol. The number of aliphatic hydroxyl groups is 1. The van der Waals surface area contributed by atoms with Gasteiger partial charge in [0.2, 0.25) is 11.8 Å². The van der Waals surface area contributed by atoms with Crippen molar-refractivity contribution in [2.45, 2.75) is 26.0 Å². The highest BCUT2D eigenvalue weighted by Crippen LogP contribution is 2.50. The van der Waals surface area contributed by atoms with Gasteiger partial charge in [-0.15, -0.1) is 11.8 Å². The molecule has 3 aliphatic heterocycles. The van der Waals surface area contributed by atoms with Crippen LogP contribution < -0.4 is 0 Å². The maximum absolute atomic E-state index is 12.3. The Hall–Kier alpha value is -2.07. The van der Waals surface area contributed by atoms with Crippen molar-refractivity contribution in [2.24, 2.45) is 11.8 Å². The zero-order chi connectivity index (χ0) is 20.0. The molecule has 0 saturated carbocycles. The molecule has 3 aliphatic rings. The summed E-state index contributed by atoms with van der Waals surface area (Å²) in [4.78, 5) is 41.0. The van der Waals surface area contributed by atoms with Crippen LogP contribution in [0.5, 0.6) is 0 Å². The van der Waals surface area contributed by atoms with Crippen LogP contribution in [0.1, 0.15) is 13.8 Å². The number of likely N-dealkylation sites (N-methyl/N-ethyl adjacent to an activating group) is 1. The van der Waals surface area contributed by atoms with Crippen LogP contribution in [0.2, 0.25) is 0 Å². The van der Waals surface area contributed by atoms with Crippen LogP contribution in [0.3, 0.4) is 0 Å². The Morgan fingerprint density at radius 2 is 2.04 bits per heavy atom. The summed E-state index contributed by atoms with van der Waals surface area (Å²) in [6, 6.07) is -0.356. The number of fused-ring (bicyclic) bond motifs is 1. The number of hydrogen-bond acceptors (Lipinski definition) is 6. The fourth-order valence-corrected chi connectivity index (χ4v) is 5.14. The molecule has 148 valence electrons. The first kappa shape index (κ1) is 19.7. The number of hydrogen-bond donors (Lipinski definition) is 3. The van der Waals surface area contributed by atoms with Crippen molar-refractivity contribution in [3.05, 3.63) is 10.6 Å². The van der Waals surface area contributed by atoms with Gasteiger partial charge in [0.15, 0.2) is 0 Å². The van der Waals surface area contributed by atoms with E-state index in [2.05, 4.69) is 0 Å². The molecule has 0 spiro atoms. The van der Waals surface area contributed by atoms with Gasteiger partial charge in [-0.3, -0.25) is 15.0 Å². The first-order valence-electron chi connectivity index (χ1n) is 8.82. The monoisotopic (exact) mass is 396 g/mol. The number of nitrogens with one attached hydrogen (secondary N) is 1. The Labute approximate surface area is 161 Å². The number of piperazine rings is 1. The van der Waals surface area contributed by atoms with Gasteiger partial charge in [-0.2, -0.15) is 0 Å². The van der Waals surface area contributed by atoms with Crippen LogP contribution in [0.15, 0.2) is 10.6 Å². The molecule has 0 bridgehead atoms. The Balaban J connectivity index is 1.72. The Bertz CT molecular complexity index is 737. The van der Waals surface area contributed by atoms with Crippen LogP contribution in [-0.4, -0.2) is 93.1 Å². The average Bonchev–Trinajstić information content (AvgIpc) is 2.83. The molecule has 3 N–H and O–H groups in total. The number of aliphatic carboxylic acids is 1. The van der Waals surface area contributed by atoms with Crippen molar-refractivity contribution in [3.8, 4) is 0 Å². The summed E-state index contributed by atoms with van der Waals surface area (Å²) >= 11 is 1.23. The smallest absolute Gasteiger partial charge is 0.353 e. The fraction of sp³-hybridized carbons (Fsp3) is 0.647. The summed E-state index contributed by atoms with van der Waals surface area (Å²) in [5.41, 5.74) is -0.0401. The number of amides is 2. The van der Waals surface area contributed by atoms with Gasteiger partial charge in [0.05, 0.1) is 30.4 Å². The molecular formula is C17H24N4O5S. The van der Waals surface area contributed by atoms with Crippen molar-refractivity contribution in [1.29, 1.82) is 5.41 Å². The molecular weight excluding hydrogens is 372 g/mol. The maximum atomic E-state index is 12.3. The van der Waals surface area contributed by atoms with Crippen LogP contribution in [0.25, 0.3) is 0 Å². The minimum Gasteiger partial charge on any atom is -0.477 e. The fourth-order valence-electron chi connectivity index (χ4n) is 3.94. The van der Waals surface area contributed by atoms with Crippen molar-refractivity contribution in [3.63, 3.8) is 0 Å². The first-order valence-corrected chi connectivity index (χ1v) is 9.81. The van der Waals surface area contributed by atoms with Crippen LogP contribution in [0, 0.1) is 17.2 Å². The van der Waals surface area contributed by atoms with E-state index in [-0.39, 0.29) is 47.6 Å². The molecule has 4 atom stereocenters. The minimum atomic E-state index is -1.18. The van der Waals surface area contributed by atoms with Crippen LogP contribution in [0.4, 0.5) is 0 Å². The molecule has 0 radical (unpaired) electrons. The highest BCUT2D eigenvalue weighted by atomic mass is 32.2. The van der Waals surface area contributed by atoms with E-state index in [0.29, 0.717) is 18.0 Å². The zero-order valence-corrected chi connectivity index (χ0v) is 16.3. The van der Waals surface area contributed by atoms with E-state index in [1.54, 1.807) is 16.8 Å². The number of carboxylic acid groups (broad SMARTS) is 1. The Morgan fingerprint density at radius 1 is 1.37 bits per heavy atom. The van der Waals surface area contributed by atoms with Gasteiger partial charge < -0.3 is 24.9 Å². The predicted molar refractivity (Wildman–Crippen MR) is 99.0 cm³/mol. The summed E-state index contributed by atoms with van der Waals surface area (Å²) < 4.78 is 0. The second-order valence-electron chi connectivity index (χ2n) is 7.24. The lowest BCUT2D eigenvalue weighted by atomic mass is 9.79. The van der Waals surface area contributed by atoms with Crippen molar-refractivity contribution in [1.82, 2.24) is 14.7 Å². The standard InChI is InChI=1S/C17H24N4O5S/c1-8-13-12(9(2)22)16(24)21(13)14(17(25)26)15(8)27-7-10(18)20-5-4-19(3)11(23)6-20/h8-9,12-13,18,22H,4-7H2,1-3H3,(H,25,26)/t8-,9-,12-,13+/m1/s1. The molecule has 2 amide bonds. The lowest BCUT2D eigenvalue weighted by Crippen LogP contribution is -2.63. The van der Waals surface area contributed by atoms with Crippen molar-refractivity contribution >= 4 is 35.4 Å². The number of nitrogens with zero attached hydrogens (tertiary/aromatic N) is 3. The molecule has 2 fully saturated rings. The van der Waals surface area contributed by atoms with Gasteiger partial charge in [-0.1, -0.05) is 6.92 Å². The van der Waals surface area contributed by atoms with Crippen molar-refractivity contribution in [2.75, 3.05) is 32.4 Å². The zero-order valence-electron chi connectivity index (χ0n) is 15.5. The second-order valence-corrected chi connectivity index (χ2v) is 8.26. The molecule has 3 rings (SSSR count). The van der Waals surface area contributed by atoms with E-state index in [0.717, 1.165) is 0 Å². The van der Waals surface area contributed by atoms with Gasteiger partial charge in [-0.05, 0) is 6.92 Å². The van der Waals surface area contributed by atoms with E-state index in [9.17, 15) is 24.6 Å². The van der Waals surface area contributed by atoms with E-state index in [1.165, 1.54) is 23.6 Å². The molecule has 0 aromatic heterocycles. The molecule has 0 aromatic carbocycles. The predicted octanol–water partition coefficient (Wildman–Crippen LogP) is -0.375. The Kier molecular flexibility index (Phi) is 5.22. The largest absolute Gasteiger partial charge is 0.477 e. The SMILES string of the molecule is C[C@@H](O)[C@H]1C(=O)N2C(C(=O)O)=C(SCC(=N)N3CCN(C)C(=O)C3)[C@H](C)[C@@H]12. The molecule has 27 heavy (non-hydrogen) atoms. The topological polar surface area (TPSA) is 125 Å². The highest BCUT2D eigenvalue weighted by molar-refractivity contribution is 8.03. The molecule has 0 aromatic rings. The van der Waals surface area contributed by atoms with Gasteiger partial charge in [0.1, 0.15) is 11.5 Å². The summed E-state index contributed by atoms with van der Waals surface area (Å²) in [5.74, 6) is -1.92. The first-order chi connectivity index (χ1) is 12.6. The van der Waals surface area contributed by atoms with E-state index in [4.69, 9.17) is 5.41 Å². The number of carbonyl (C=O) groups is 3. The van der Waals surface area contributed by atoms with E-state index in [1.807, 2.05) is 6.92 Å². The summed E-state index contributed by atoms with van der Waals surface area (Å²) in [7, 11) is 1.72. The quantitative estimate of drug-likeness (QED) is 0.329. The van der Waals surface area contributed by atoms with Crippen LogP contribution >= 0.6 is 11.8 Å². The minimum absolute atomic E-state index is 0.0401. The van der Waals surface area contributed by atoms with Gasteiger partial charge in [-0.25, -0.2) is 4.79 Å². The lowest BCUT2D eigenvalue weighted by Gasteiger charge is -2.46. The van der Waals surface area contributed by atoms with E-state index < -0.39 is 18.0 Å². The van der Waals surface area contributed by atoms with Gasteiger partial charge >= 0.3 is 5.97 Å². The molecule has 3 heterocycles. The molecule has 9 nitrogen and oxygen atoms in total. The third-order valence-corrected chi connectivity index (χ3v) is 6.81. The van der Waals surface area contributed by atoms with Gasteiger partial charge in [0, 0.05) is 31.0 Å². The normalized spacial score (nSPS) is 29.0.